The molecule has 1 amide bonds. The quantitative estimate of drug-likeness (QED) is 0.841. The number of hydrogen-bond acceptors (Lipinski definition) is 2. The third kappa shape index (κ3) is 3.05. The van der Waals surface area contributed by atoms with Crippen molar-refractivity contribution in [2.75, 3.05) is 12.3 Å². The first-order chi connectivity index (χ1) is 8.50. The Kier molecular flexibility index (Phi) is 3.95. The molecule has 0 bridgehead atoms. The third-order valence-corrected chi connectivity index (χ3v) is 4.47. The van der Waals surface area contributed by atoms with Gasteiger partial charge in [0, 0.05) is 22.3 Å². The monoisotopic (exact) mass is 310 g/mol. The van der Waals surface area contributed by atoms with Gasteiger partial charge in [-0.15, -0.1) is 0 Å². The van der Waals surface area contributed by atoms with Crippen LogP contribution in [-0.4, -0.2) is 12.5 Å². The Hall–Kier alpha value is -1.03. The van der Waals surface area contributed by atoms with Gasteiger partial charge < -0.3 is 11.1 Å². The summed E-state index contributed by atoms with van der Waals surface area (Å²) in [5.74, 6) is -0.0395. The molecule has 1 aliphatic rings. The van der Waals surface area contributed by atoms with Crippen LogP contribution in [0.25, 0.3) is 0 Å². The van der Waals surface area contributed by atoms with Gasteiger partial charge in [0.05, 0.1) is 0 Å². The summed E-state index contributed by atoms with van der Waals surface area (Å²) in [6.45, 7) is 3.00. The lowest BCUT2D eigenvalue weighted by molar-refractivity contribution is 0.0934. The number of hydrogen-bond donors (Lipinski definition) is 2. The zero-order chi connectivity index (χ0) is 13.2. The first kappa shape index (κ1) is 13.4. The second kappa shape index (κ2) is 5.31. The number of rotatable bonds is 3. The maximum atomic E-state index is 12.0. The third-order valence-electron chi connectivity index (χ3n) is 3.74. The number of anilines is 1. The molecule has 1 aromatic rings. The van der Waals surface area contributed by atoms with E-state index in [9.17, 15) is 4.79 Å². The van der Waals surface area contributed by atoms with Gasteiger partial charge in [0.15, 0.2) is 0 Å². The highest BCUT2D eigenvalue weighted by molar-refractivity contribution is 9.10. The van der Waals surface area contributed by atoms with Crippen LogP contribution in [0.5, 0.6) is 0 Å². The van der Waals surface area contributed by atoms with E-state index in [0.29, 0.717) is 11.3 Å². The molecule has 3 nitrogen and oxygen atoms in total. The van der Waals surface area contributed by atoms with Crippen molar-refractivity contribution in [3.63, 3.8) is 0 Å². The Morgan fingerprint density at radius 2 is 2.11 bits per heavy atom. The van der Waals surface area contributed by atoms with Gasteiger partial charge in [0.1, 0.15) is 0 Å². The molecular formula is C14H19BrN2O. The highest BCUT2D eigenvalue weighted by atomic mass is 79.9. The van der Waals surface area contributed by atoms with Crippen LogP contribution < -0.4 is 11.1 Å². The molecule has 1 aliphatic carbocycles. The molecular weight excluding hydrogens is 292 g/mol. The van der Waals surface area contributed by atoms with E-state index in [4.69, 9.17) is 5.73 Å². The highest BCUT2D eigenvalue weighted by Crippen LogP contribution is 2.36. The number of amides is 1. The van der Waals surface area contributed by atoms with E-state index in [1.807, 2.05) is 6.07 Å². The zero-order valence-corrected chi connectivity index (χ0v) is 12.2. The molecule has 0 aromatic heterocycles. The summed E-state index contributed by atoms with van der Waals surface area (Å²) in [5.41, 5.74) is 7.27. The normalized spacial score (nSPS) is 17.7. The van der Waals surface area contributed by atoms with Crippen LogP contribution in [0.2, 0.25) is 0 Å². The molecule has 4 heteroatoms. The smallest absolute Gasteiger partial charge is 0.251 e. The minimum absolute atomic E-state index is 0.0395. The molecule has 2 rings (SSSR count). The summed E-state index contributed by atoms with van der Waals surface area (Å²) < 4.78 is 0.821. The van der Waals surface area contributed by atoms with Crippen LogP contribution in [0, 0.1) is 5.41 Å². The van der Waals surface area contributed by atoms with Crippen molar-refractivity contribution in [3.05, 3.63) is 28.2 Å². The zero-order valence-electron chi connectivity index (χ0n) is 10.6. The van der Waals surface area contributed by atoms with Crippen molar-refractivity contribution < 1.29 is 4.79 Å². The molecule has 1 aromatic carbocycles. The number of nitrogens with two attached hydrogens (primary N) is 1. The fourth-order valence-electron chi connectivity index (χ4n) is 2.49. The van der Waals surface area contributed by atoms with Gasteiger partial charge >= 0.3 is 0 Å². The molecule has 0 radical (unpaired) electrons. The van der Waals surface area contributed by atoms with Crippen molar-refractivity contribution in [2.45, 2.75) is 32.6 Å². The van der Waals surface area contributed by atoms with Crippen LogP contribution in [-0.2, 0) is 0 Å². The maximum absolute atomic E-state index is 12.0. The van der Waals surface area contributed by atoms with Crippen LogP contribution in [0.3, 0.4) is 0 Å². The molecule has 0 unspecified atom stereocenters. The maximum Gasteiger partial charge on any atom is 0.251 e. The molecule has 0 aliphatic heterocycles. The van der Waals surface area contributed by atoms with Crippen molar-refractivity contribution in [1.82, 2.24) is 5.32 Å². The van der Waals surface area contributed by atoms with Crippen molar-refractivity contribution in [1.29, 1.82) is 0 Å². The molecule has 98 valence electrons. The summed E-state index contributed by atoms with van der Waals surface area (Å²) in [5, 5.41) is 3.02. The van der Waals surface area contributed by atoms with Gasteiger partial charge in [-0.25, -0.2) is 0 Å². The second-order valence-corrected chi connectivity index (χ2v) is 6.29. The lowest BCUT2D eigenvalue weighted by Gasteiger charge is -2.23. The number of benzene rings is 1. The topological polar surface area (TPSA) is 55.1 Å². The number of halogens is 1. The Balaban J connectivity index is 1.97. The van der Waals surface area contributed by atoms with E-state index < -0.39 is 0 Å². The summed E-state index contributed by atoms with van der Waals surface area (Å²) >= 11 is 3.32. The Bertz CT molecular complexity index is 453. The summed E-state index contributed by atoms with van der Waals surface area (Å²) in [4.78, 5) is 12.0. The molecule has 0 spiro atoms. The predicted molar refractivity (Wildman–Crippen MR) is 77.5 cm³/mol. The number of nitrogens with one attached hydrogen (secondary N) is 1. The van der Waals surface area contributed by atoms with E-state index in [0.717, 1.165) is 11.0 Å². The average Bonchev–Trinajstić information content (AvgIpc) is 2.77. The molecule has 3 N–H and O–H groups in total. The molecule has 0 heterocycles. The molecule has 0 saturated heterocycles. The second-order valence-electron chi connectivity index (χ2n) is 5.44. The first-order valence-corrected chi connectivity index (χ1v) is 7.13. The van der Waals surface area contributed by atoms with Gasteiger partial charge in [0.25, 0.3) is 5.91 Å². The van der Waals surface area contributed by atoms with Gasteiger partial charge in [-0.1, -0.05) is 19.8 Å². The summed E-state index contributed by atoms with van der Waals surface area (Å²) in [6, 6.07) is 5.30. The molecule has 1 saturated carbocycles. The van der Waals surface area contributed by atoms with Crippen LogP contribution >= 0.6 is 15.9 Å². The van der Waals surface area contributed by atoms with Crippen LogP contribution in [0.4, 0.5) is 5.69 Å². The average molecular weight is 311 g/mol. The minimum Gasteiger partial charge on any atom is -0.398 e. The van der Waals surface area contributed by atoms with Crippen LogP contribution in [0.15, 0.2) is 22.7 Å². The Labute approximate surface area is 116 Å². The summed E-state index contributed by atoms with van der Waals surface area (Å²) in [7, 11) is 0. The van der Waals surface area contributed by atoms with Crippen LogP contribution in [0.1, 0.15) is 43.0 Å². The van der Waals surface area contributed by atoms with Gasteiger partial charge in [-0.2, -0.15) is 0 Å². The SMILES string of the molecule is CC1(CNC(=O)c2ccc(Br)c(N)c2)CCCC1. The van der Waals surface area contributed by atoms with Gasteiger partial charge in [-0.3, -0.25) is 4.79 Å². The van der Waals surface area contributed by atoms with E-state index in [2.05, 4.69) is 28.2 Å². The number of carbonyl (C=O) groups excluding carboxylic acids is 1. The fraction of sp³-hybridized carbons (Fsp3) is 0.500. The van der Waals surface area contributed by atoms with E-state index in [-0.39, 0.29) is 11.3 Å². The van der Waals surface area contributed by atoms with Crippen molar-refractivity contribution in [2.24, 2.45) is 5.41 Å². The molecule has 0 atom stereocenters. The Morgan fingerprint density at radius 3 is 2.72 bits per heavy atom. The van der Waals surface area contributed by atoms with Crippen molar-refractivity contribution >= 4 is 27.5 Å². The van der Waals surface area contributed by atoms with Gasteiger partial charge in [0.2, 0.25) is 0 Å². The fourth-order valence-corrected chi connectivity index (χ4v) is 2.73. The number of nitrogen functional groups attached to an aromatic ring is 1. The van der Waals surface area contributed by atoms with E-state index in [1.165, 1.54) is 25.7 Å². The van der Waals surface area contributed by atoms with E-state index in [1.54, 1.807) is 12.1 Å². The standard InChI is InChI=1S/C14H19BrN2O/c1-14(6-2-3-7-14)9-17-13(18)10-4-5-11(15)12(16)8-10/h4-5,8H,2-3,6-7,9,16H2,1H3,(H,17,18). The van der Waals surface area contributed by atoms with Crippen molar-refractivity contribution in [3.8, 4) is 0 Å². The summed E-state index contributed by atoms with van der Waals surface area (Å²) in [6.07, 6.45) is 4.96. The van der Waals surface area contributed by atoms with Gasteiger partial charge in [-0.05, 0) is 52.4 Å². The first-order valence-electron chi connectivity index (χ1n) is 6.33. The highest BCUT2D eigenvalue weighted by Gasteiger charge is 2.28. The minimum atomic E-state index is -0.0395. The Morgan fingerprint density at radius 1 is 1.44 bits per heavy atom. The molecule has 1 fully saturated rings. The largest absolute Gasteiger partial charge is 0.398 e. The lowest BCUT2D eigenvalue weighted by Crippen LogP contribution is -2.34. The number of carbonyl (C=O) groups is 1. The van der Waals surface area contributed by atoms with E-state index >= 15 is 0 Å². The molecule has 18 heavy (non-hydrogen) atoms. The predicted octanol–water partition coefficient (Wildman–Crippen LogP) is 3.34. The lowest BCUT2D eigenvalue weighted by atomic mass is 9.89.